The highest BCUT2D eigenvalue weighted by molar-refractivity contribution is 14.1. The van der Waals surface area contributed by atoms with Crippen molar-refractivity contribution in [1.29, 1.82) is 0 Å². The Morgan fingerprint density at radius 1 is 1.08 bits per heavy atom. The van der Waals surface area contributed by atoms with Crippen LogP contribution >= 0.6 is 22.6 Å². The Labute approximate surface area is 154 Å². The van der Waals surface area contributed by atoms with Crippen LogP contribution in [0.15, 0.2) is 54.6 Å². The van der Waals surface area contributed by atoms with Crippen LogP contribution in [0.3, 0.4) is 0 Å². The zero-order valence-electron chi connectivity index (χ0n) is 12.9. The first-order chi connectivity index (χ1) is 11.6. The molecule has 1 atom stereocenters. The summed E-state index contributed by atoms with van der Waals surface area (Å²) in [5, 5.41) is 2.87. The van der Waals surface area contributed by atoms with Crippen molar-refractivity contribution in [3.05, 3.63) is 58.2 Å². The van der Waals surface area contributed by atoms with Gasteiger partial charge in [0.05, 0.1) is 0 Å². The van der Waals surface area contributed by atoms with Gasteiger partial charge in [0.25, 0.3) is 0 Å². The molecule has 2 aromatic rings. The largest absolute Gasteiger partial charge is 0.415 e. The first-order valence-corrected chi connectivity index (χ1v) is 8.81. The molecule has 1 heterocycles. The van der Waals surface area contributed by atoms with Crippen LogP contribution < -0.4 is 10.1 Å². The quantitative estimate of drug-likeness (QED) is 0.743. The average molecular weight is 436 g/mol. The van der Waals surface area contributed by atoms with Gasteiger partial charge in [0.15, 0.2) is 0 Å². The van der Waals surface area contributed by atoms with Crippen molar-refractivity contribution in [3.63, 3.8) is 0 Å². The lowest BCUT2D eigenvalue weighted by molar-refractivity contribution is -0.119. The van der Waals surface area contributed by atoms with Crippen LogP contribution in [0.4, 0.5) is 10.5 Å². The molecule has 0 unspecified atom stereocenters. The second kappa shape index (κ2) is 7.65. The third-order valence-corrected chi connectivity index (χ3v) is 4.57. The number of anilines is 1. The van der Waals surface area contributed by atoms with Crippen LogP contribution in [-0.4, -0.2) is 29.5 Å². The van der Waals surface area contributed by atoms with Crippen molar-refractivity contribution in [1.82, 2.24) is 4.90 Å². The molecule has 1 aliphatic heterocycles. The molecule has 0 aliphatic carbocycles. The van der Waals surface area contributed by atoms with Gasteiger partial charge in [-0.05, 0) is 71.8 Å². The lowest BCUT2D eigenvalue weighted by Gasteiger charge is -2.23. The SMILES string of the molecule is O=C(Nc1ccc(I)cc1)[C@@H]1CCCN1C(=O)Oc1ccccc1. The first kappa shape index (κ1) is 16.8. The number of hydrogen-bond acceptors (Lipinski definition) is 3. The molecule has 2 aromatic carbocycles. The van der Waals surface area contributed by atoms with Gasteiger partial charge in [-0.15, -0.1) is 0 Å². The highest BCUT2D eigenvalue weighted by Gasteiger charge is 2.35. The van der Waals surface area contributed by atoms with Crippen LogP contribution in [0, 0.1) is 3.57 Å². The van der Waals surface area contributed by atoms with Crippen molar-refractivity contribution in [2.24, 2.45) is 0 Å². The fourth-order valence-electron chi connectivity index (χ4n) is 2.66. The summed E-state index contributed by atoms with van der Waals surface area (Å²) in [5.41, 5.74) is 0.726. The Balaban J connectivity index is 1.65. The maximum Gasteiger partial charge on any atom is 0.415 e. The van der Waals surface area contributed by atoms with E-state index in [1.165, 1.54) is 4.90 Å². The Morgan fingerprint density at radius 2 is 1.79 bits per heavy atom. The van der Waals surface area contributed by atoms with Crippen molar-refractivity contribution >= 4 is 40.3 Å². The second-order valence-electron chi connectivity index (χ2n) is 5.53. The second-order valence-corrected chi connectivity index (χ2v) is 6.77. The summed E-state index contributed by atoms with van der Waals surface area (Å²) in [6.45, 7) is 0.524. The fraction of sp³-hybridized carbons (Fsp3) is 0.222. The Bertz CT molecular complexity index is 719. The summed E-state index contributed by atoms with van der Waals surface area (Å²) in [6, 6.07) is 15.9. The van der Waals surface area contributed by atoms with E-state index in [1.54, 1.807) is 24.3 Å². The highest BCUT2D eigenvalue weighted by Crippen LogP contribution is 2.22. The lowest BCUT2D eigenvalue weighted by Crippen LogP contribution is -2.44. The number of halogens is 1. The van der Waals surface area contributed by atoms with E-state index in [2.05, 4.69) is 27.9 Å². The molecule has 0 saturated carbocycles. The van der Waals surface area contributed by atoms with E-state index in [0.717, 1.165) is 15.7 Å². The maximum atomic E-state index is 12.5. The standard InChI is InChI=1S/C18H17IN2O3/c19-13-8-10-14(11-9-13)20-17(22)16-7-4-12-21(16)18(23)24-15-5-2-1-3-6-15/h1-3,5-6,8-11,16H,4,7,12H2,(H,20,22)/t16-/m0/s1. The van der Waals surface area contributed by atoms with E-state index in [9.17, 15) is 9.59 Å². The number of carbonyl (C=O) groups excluding carboxylic acids is 2. The third kappa shape index (κ3) is 4.05. The zero-order valence-corrected chi connectivity index (χ0v) is 15.1. The smallest absolute Gasteiger partial charge is 0.410 e. The Morgan fingerprint density at radius 3 is 2.50 bits per heavy atom. The maximum absolute atomic E-state index is 12.5. The Hall–Kier alpha value is -2.09. The van der Waals surface area contributed by atoms with E-state index in [-0.39, 0.29) is 5.91 Å². The lowest BCUT2D eigenvalue weighted by atomic mass is 10.2. The summed E-state index contributed by atoms with van der Waals surface area (Å²) >= 11 is 2.21. The molecule has 0 radical (unpaired) electrons. The number of hydrogen-bond donors (Lipinski definition) is 1. The van der Waals surface area contributed by atoms with E-state index < -0.39 is 12.1 Å². The predicted octanol–water partition coefficient (Wildman–Crippen LogP) is 3.89. The van der Waals surface area contributed by atoms with Crippen molar-refractivity contribution in [2.45, 2.75) is 18.9 Å². The minimum atomic E-state index is -0.500. The fourth-order valence-corrected chi connectivity index (χ4v) is 3.02. The summed E-state index contributed by atoms with van der Waals surface area (Å²) < 4.78 is 6.45. The molecule has 124 valence electrons. The van der Waals surface area contributed by atoms with Gasteiger partial charge in [0, 0.05) is 15.8 Å². The summed E-state index contributed by atoms with van der Waals surface area (Å²) in [5.74, 6) is 0.296. The minimum absolute atomic E-state index is 0.182. The molecule has 1 aliphatic rings. The monoisotopic (exact) mass is 436 g/mol. The molecule has 6 heteroatoms. The number of para-hydroxylation sites is 1. The summed E-state index contributed by atoms with van der Waals surface area (Å²) in [4.78, 5) is 26.3. The normalized spacial score (nSPS) is 16.7. The molecule has 0 aromatic heterocycles. The molecule has 1 N–H and O–H groups in total. The minimum Gasteiger partial charge on any atom is -0.410 e. The molecular weight excluding hydrogens is 419 g/mol. The van der Waals surface area contributed by atoms with E-state index in [4.69, 9.17) is 4.74 Å². The first-order valence-electron chi connectivity index (χ1n) is 7.73. The number of rotatable bonds is 3. The number of amides is 2. The van der Waals surface area contributed by atoms with Gasteiger partial charge in [-0.3, -0.25) is 9.69 Å². The van der Waals surface area contributed by atoms with Crippen LogP contribution in [0.2, 0.25) is 0 Å². The van der Waals surface area contributed by atoms with Gasteiger partial charge >= 0.3 is 6.09 Å². The molecule has 0 spiro atoms. The predicted molar refractivity (Wildman–Crippen MR) is 100.0 cm³/mol. The van der Waals surface area contributed by atoms with Crippen molar-refractivity contribution in [2.75, 3.05) is 11.9 Å². The molecule has 24 heavy (non-hydrogen) atoms. The molecule has 3 rings (SSSR count). The summed E-state index contributed by atoms with van der Waals surface area (Å²) in [7, 11) is 0. The molecule has 5 nitrogen and oxygen atoms in total. The Kier molecular flexibility index (Phi) is 5.34. The third-order valence-electron chi connectivity index (χ3n) is 3.85. The molecule has 1 fully saturated rings. The number of nitrogens with zero attached hydrogens (tertiary/aromatic N) is 1. The van der Waals surface area contributed by atoms with Crippen LogP contribution in [-0.2, 0) is 4.79 Å². The molecule has 1 saturated heterocycles. The molecule has 2 amide bonds. The molecule has 0 bridgehead atoms. The average Bonchev–Trinajstić information content (AvgIpc) is 3.08. The van der Waals surface area contributed by atoms with Crippen molar-refractivity contribution in [3.8, 4) is 5.75 Å². The van der Waals surface area contributed by atoms with Crippen LogP contribution in [0.25, 0.3) is 0 Å². The van der Waals surface area contributed by atoms with E-state index in [0.29, 0.717) is 18.7 Å². The number of benzene rings is 2. The number of likely N-dealkylation sites (tertiary alicyclic amines) is 1. The number of carbonyl (C=O) groups is 2. The van der Waals surface area contributed by atoms with Gasteiger partial charge in [-0.1, -0.05) is 18.2 Å². The van der Waals surface area contributed by atoms with Gasteiger partial charge in [0.2, 0.25) is 5.91 Å². The topological polar surface area (TPSA) is 58.6 Å². The number of ether oxygens (including phenoxy) is 1. The van der Waals surface area contributed by atoms with Gasteiger partial charge in [-0.25, -0.2) is 4.79 Å². The van der Waals surface area contributed by atoms with E-state index in [1.807, 2.05) is 30.3 Å². The molecular formula is C18H17IN2O3. The zero-order chi connectivity index (χ0) is 16.9. The van der Waals surface area contributed by atoms with Crippen molar-refractivity contribution < 1.29 is 14.3 Å². The van der Waals surface area contributed by atoms with Crippen LogP contribution in [0.5, 0.6) is 5.75 Å². The number of nitrogens with one attached hydrogen (secondary N) is 1. The van der Waals surface area contributed by atoms with Gasteiger partial charge in [-0.2, -0.15) is 0 Å². The van der Waals surface area contributed by atoms with Gasteiger partial charge in [0.1, 0.15) is 11.8 Å². The van der Waals surface area contributed by atoms with Gasteiger partial charge < -0.3 is 10.1 Å². The van der Waals surface area contributed by atoms with E-state index >= 15 is 0 Å². The van der Waals surface area contributed by atoms with Crippen LogP contribution in [0.1, 0.15) is 12.8 Å². The highest BCUT2D eigenvalue weighted by atomic mass is 127. The summed E-state index contributed by atoms with van der Waals surface area (Å²) in [6.07, 6.45) is 0.941.